The second kappa shape index (κ2) is 4.45. The van der Waals surface area contributed by atoms with E-state index in [4.69, 9.17) is 5.11 Å². The summed E-state index contributed by atoms with van der Waals surface area (Å²) in [5, 5.41) is 7.78. The minimum Gasteiger partial charge on any atom is -0.481 e. The van der Waals surface area contributed by atoms with Crippen LogP contribution in [0.2, 0.25) is 0 Å². The van der Waals surface area contributed by atoms with E-state index in [0.29, 0.717) is 0 Å². The Kier molecular flexibility index (Phi) is 5.73. The Hall–Kier alpha value is -0.710. The Morgan fingerprint density at radius 2 is 1.88 bits per heavy atom. The highest BCUT2D eigenvalue weighted by Crippen LogP contribution is 1.71. The Labute approximate surface area is 53.1 Å². The molecule has 8 heavy (non-hydrogen) atoms. The first-order chi connectivity index (χ1) is 3.13. The number of carboxylic acids is 1. The van der Waals surface area contributed by atoms with Crippen molar-refractivity contribution >= 4 is 25.4 Å². The van der Waals surface area contributed by atoms with E-state index in [1.54, 1.807) is 0 Å². The molecule has 0 heterocycles. The van der Waals surface area contributed by atoms with Crippen LogP contribution in [0.4, 0.5) is 0 Å². The molecule has 4 nitrogen and oxygen atoms in total. The lowest BCUT2D eigenvalue weighted by atomic mass is 10.4. The molecule has 0 aromatic heterocycles. The van der Waals surface area contributed by atoms with Crippen LogP contribution in [-0.4, -0.2) is 17.0 Å². The van der Waals surface area contributed by atoms with Gasteiger partial charge in [0.05, 0.1) is 0 Å². The van der Waals surface area contributed by atoms with E-state index < -0.39 is 18.3 Å². The molecule has 0 radical (unpaired) electrons. The van der Waals surface area contributed by atoms with Crippen molar-refractivity contribution in [2.75, 3.05) is 0 Å². The average Bonchev–Trinajstić information content (AvgIpc) is 1.27. The molecule has 0 atom stereocenters. The van der Waals surface area contributed by atoms with Gasteiger partial charge in [-0.1, -0.05) is 0 Å². The van der Waals surface area contributed by atoms with Crippen molar-refractivity contribution in [1.82, 2.24) is 0 Å². The highest BCUT2D eigenvalue weighted by atomic mass is 32.1. The normalized spacial score (nSPS) is 7.00. The van der Waals surface area contributed by atoms with Crippen LogP contribution in [0.3, 0.4) is 0 Å². The van der Waals surface area contributed by atoms with Crippen molar-refractivity contribution in [2.24, 2.45) is 5.73 Å². The maximum absolute atomic E-state index is 9.65. The molecule has 0 bridgehead atoms. The van der Waals surface area contributed by atoms with E-state index in [2.05, 4.69) is 5.73 Å². The highest BCUT2D eigenvalue weighted by Gasteiger charge is 1.99. The SMILES string of the molecule is NC(=O)CC(=O)O.S. The van der Waals surface area contributed by atoms with Crippen LogP contribution < -0.4 is 5.73 Å². The minimum absolute atomic E-state index is 0. The Morgan fingerprint density at radius 1 is 1.50 bits per heavy atom. The number of hydrogen-bond donors (Lipinski definition) is 2. The predicted octanol–water partition coefficient (Wildman–Crippen LogP) is -0.941. The fourth-order valence-corrected chi connectivity index (χ4v) is 0.149. The smallest absolute Gasteiger partial charge is 0.312 e. The van der Waals surface area contributed by atoms with Crippen molar-refractivity contribution in [1.29, 1.82) is 0 Å². The quantitative estimate of drug-likeness (QED) is 0.482. The molecule has 0 aromatic carbocycles. The molecule has 0 spiro atoms. The summed E-state index contributed by atoms with van der Waals surface area (Å²) < 4.78 is 0. The molecular formula is C3H7NO3S. The first-order valence-corrected chi connectivity index (χ1v) is 1.63. The molecular weight excluding hydrogens is 130 g/mol. The molecule has 0 saturated carbocycles. The van der Waals surface area contributed by atoms with E-state index in [1.807, 2.05) is 0 Å². The topological polar surface area (TPSA) is 80.4 Å². The number of primary amides is 1. The molecule has 0 aliphatic heterocycles. The van der Waals surface area contributed by atoms with Crippen LogP contribution in [0.25, 0.3) is 0 Å². The van der Waals surface area contributed by atoms with Gasteiger partial charge in [0.2, 0.25) is 5.91 Å². The maximum Gasteiger partial charge on any atom is 0.312 e. The maximum atomic E-state index is 9.65. The van der Waals surface area contributed by atoms with Crippen molar-refractivity contribution in [3.63, 3.8) is 0 Å². The third-order valence-corrected chi connectivity index (χ3v) is 0.325. The van der Waals surface area contributed by atoms with Crippen LogP contribution >= 0.6 is 13.5 Å². The van der Waals surface area contributed by atoms with Crippen molar-refractivity contribution in [2.45, 2.75) is 6.42 Å². The molecule has 0 aromatic rings. The standard InChI is InChI=1S/C3H5NO3.H2S/c4-2(5)1-3(6)7;/h1H2,(H2,4,5)(H,6,7);1H2. The van der Waals surface area contributed by atoms with Crippen LogP contribution in [0.1, 0.15) is 6.42 Å². The van der Waals surface area contributed by atoms with Crippen molar-refractivity contribution in [3.05, 3.63) is 0 Å². The Balaban J connectivity index is 0. The molecule has 48 valence electrons. The van der Waals surface area contributed by atoms with Crippen LogP contribution in [0, 0.1) is 0 Å². The van der Waals surface area contributed by atoms with Gasteiger partial charge in [-0.15, -0.1) is 0 Å². The number of carbonyl (C=O) groups excluding carboxylic acids is 1. The fourth-order valence-electron chi connectivity index (χ4n) is 0.149. The summed E-state index contributed by atoms with van der Waals surface area (Å²) in [6, 6.07) is 0. The van der Waals surface area contributed by atoms with E-state index in [1.165, 1.54) is 0 Å². The number of nitrogens with two attached hydrogens (primary N) is 1. The number of amides is 1. The number of carboxylic acid groups (broad SMARTS) is 1. The first kappa shape index (κ1) is 10.3. The lowest BCUT2D eigenvalue weighted by Gasteiger charge is -1.81. The minimum atomic E-state index is -1.19. The Bertz CT molecular complexity index is 90.7. The molecule has 0 aliphatic rings. The zero-order valence-electron chi connectivity index (χ0n) is 4.05. The van der Waals surface area contributed by atoms with E-state index in [0.717, 1.165) is 0 Å². The van der Waals surface area contributed by atoms with E-state index in [-0.39, 0.29) is 13.5 Å². The summed E-state index contributed by atoms with van der Waals surface area (Å²) in [4.78, 5) is 19.2. The van der Waals surface area contributed by atoms with Crippen LogP contribution in [0.15, 0.2) is 0 Å². The van der Waals surface area contributed by atoms with Gasteiger partial charge in [-0.2, -0.15) is 13.5 Å². The molecule has 1 amide bonds. The molecule has 5 heteroatoms. The molecule has 0 rings (SSSR count). The Morgan fingerprint density at radius 3 is 1.88 bits per heavy atom. The number of carbonyl (C=O) groups is 2. The predicted molar refractivity (Wildman–Crippen MR) is 31.8 cm³/mol. The zero-order chi connectivity index (χ0) is 5.86. The molecule has 0 unspecified atom stereocenters. The summed E-state index contributed by atoms with van der Waals surface area (Å²) >= 11 is 0. The molecule has 0 saturated heterocycles. The number of hydrogen-bond acceptors (Lipinski definition) is 2. The summed E-state index contributed by atoms with van der Waals surface area (Å²) in [6.07, 6.45) is -0.583. The summed E-state index contributed by atoms with van der Waals surface area (Å²) in [7, 11) is 0. The van der Waals surface area contributed by atoms with Gasteiger partial charge in [0.15, 0.2) is 0 Å². The lowest BCUT2D eigenvalue weighted by molar-refractivity contribution is -0.139. The van der Waals surface area contributed by atoms with Gasteiger partial charge in [-0.3, -0.25) is 9.59 Å². The monoisotopic (exact) mass is 137 g/mol. The fraction of sp³-hybridized carbons (Fsp3) is 0.333. The molecule has 3 N–H and O–H groups in total. The third-order valence-electron chi connectivity index (χ3n) is 0.325. The van der Waals surface area contributed by atoms with Crippen LogP contribution in [0.5, 0.6) is 0 Å². The average molecular weight is 137 g/mol. The summed E-state index contributed by atoms with van der Waals surface area (Å²) in [5.41, 5.74) is 4.47. The van der Waals surface area contributed by atoms with Crippen LogP contribution in [-0.2, 0) is 9.59 Å². The van der Waals surface area contributed by atoms with Gasteiger partial charge in [0.1, 0.15) is 6.42 Å². The number of rotatable bonds is 2. The van der Waals surface area contributed by atoms with Crippen molar-refractivity contribution < 1.29 is 14.7 Å². The van der Waals surface area contributed by atoms with Crippen molar-refractivity contribution in [3.8, 4) is 0 Å². The van der Waals surface area contributed by atoms with Gasteiger partial charge in [0, 0.05) is 0 Å². The molecule has 0 aliphatic carbocycles. The van der Waals surface area contributed by atoms with Gasteiger partial charge in [-0.05, 0) is 0 Å². The number of aliphatic carboxylic acids is 1. The third kappa shape index (κ3) is 8.99. The second-order valence-electron chi connectivity index (χ2n) is 1.04. The molecule has 0 fully saturated rings. The van der Waals surface area contributed by atoms with Gasteiger partial charge >= 0.3 is 5.97 Å². The summed E-state index contributed by atoms with van der Waals surface area (Å²) in [5.74, 6) is -2.00. The first-order valence-electron chi connectivity index (χ1n) is 1.63. The van der Waals surface area contributed by atoms with Gasteiger partial charge in [0.25, 0.3) is 0 Å². The largest absolute Gasteiger partial charge is 0.481 e. The summed E-state index contributed by atoms with van der Waals surface area (Å²) in [6.45, 7) is 0. The zero-order valence-corrected chi connectivity index (χ0v) is 5.05. The van der Waals surface area contributed by atoms with E-state index in [9.17, 15) is 9.59 Å². The van der Waals surface area contributed by atoms with Gasteiger partial charge < -0.3 is 10.8 Å². The second-order valence-corrected chi connectivity index (χ2v) is 1.04. The van der Waals surface area contributed by atoms with E-state index >= 15 is 0 Å². The lowest BCUT2D eigenvalue weighted by Crippen LogP contribution is -2.15. The van der Waals surface area contributed by atoms with Gasteiger partial charge in [-0.25, -0.2) is 0 Å². The highest BCUT2D eigenvalue weighted by molar-refractivity contribution is 7.59.